The maximum absolute atomic E-state index is 5.49. The molecule has 1 aromatic heterocycles. The van der Waals surface area contributed by atoms with Gasteiger partial charge in [0.25, 0.3) is 0 Å². The van der Waals surface area contributed by atoms with E-state index in [1.165, 1.54) is 21.7 Å². The van der Waals surface area contributed by atoms with Crippen molar-refractivity contribution >= 4 is 28.9 Å². The van der Waals surface area contributed by atoms with E-state index in [-0.39, 0.29) is 0 Å². The summed E-state index contributed by atoms with van der Waals surface area (Å²) >= 11 is 0. The zero-order chi connectivity index (χ0) is 18.7. The monoisotopic (exact) mass is 371 g/mol. The Hall–Kier alpha value is -2.90. The number of aromatic nitrogens is 2. The van der Waals surface area contributed by atoms with E-state index in [2.05, 4.69) is 85.6 Å². The average Bonchev–Trinajstić information content (AvgIpc) is 3.25. The molecule has 0 spiro atoms. The van der Waals surface area contributed by atoms with Gasteiger partial charge >= 0.3 is 0 Å². The zero-order valence-corrected chi connectivity index (χ0v) is 16.4. The molecular formula is C23H22N3P. The molecule has 3 aromatic carbocycles. The molecule has 4 aromatic rings. The SMILES string of the molecule is Cc1cccc(C)c1N=P(c1ccccc1)(c1ccccc1)c1ncc[nH]1. The smallest absolute Gasteiger partial charge is 0.154 e. The molecule has 0 amide bonds. The highest BCUT2D eigenvalue weighted by Gasteiger charge is 2.30. The number of aryl methyl sites for hydroxylation is 2. The summed E-state index contributed by atoms with van der Waals surface area (Å²) in [6, 6.07) is 27.4. The Kier molecular flexibility index (Phi) is 4.79. The lowest BCUT2D eigenvalue weighted by Gasteiger charge is -2.25. The summed E-state index contributed by atoms with van der Waals surface area (Å²) in [6.07, 6.45) is 3.70. The molecule has 0 radical (unpaired) electrons. The van der Waals surface area contributed by atoms with Crippen molar-refractivity contribution in [3.05, 3.63) is 102 Å². The van der Waals surface area contributed by atoms with E-state index < -0.39 is 7.05 Å². The third kappa shape index (κ3) is 3.15. The van der Waals surface area contributed by atoms with Crippen LogP contribution >= 0.6 is 7.05 Å². The largest absolute Gasteiger partial charge is 0.343 e. The number of benzene rings is 3. The van der Waals surface area contributed by atoms with Crippen LogP contribution in [0.25, 0.3) is 0 Å². The number of hydrogen-bond donors (Lipinski definition) is 1. The Morgan fingerprint density at radius 2 is 1.30 bits per heavy atom. The maximum Gasteiger partial charge on any atom is 0.154 e. The van der Waals surface area contributed by atoms with Crippen molar-refractivity contribution in [1.29, 1.82) is 0 Å². The average molecular weight is 371 g/mol. The zero-order valence-electron chi connectivity index (χ0n) is 15.5. The van der Waals surface area contributed by atoms with Crippen LogP contribution in [0.4, 0.5) is 5.69 Å². The van der Waals surface area contributed by atoms with Gasteiger partial charge in [-0.05, 0) is 25.0 Å². The Morgan fingerprint density at radius 1 is 0.741 bits per heavy atom. The van der Waals surface area contributed by atoms with Crippen LogP contribution in [0.2, 0.25) is 0 Å². The fourth-order valence-corrected chi connectivity index (χ4v) is 6.82. The number of aromatic amines is 1. The van der Waals surface area contributed by atoms with Crippen LogP contribution in [-0.4, -0.2) is 9.97 Å². The summed E-state index contributed by atoms with van der Waals surface area (Å²) in [6.45, 7) is 4.25. The van der Waals surface area contributed by atoms with Gasteiger partial charge in [-0.3, -0.25) is 4.74 Å². The minimum atomic E-state index is -2.32. The van der Waals surface area contributed by atoms with Crippen LogP contribution in [0.3, 0.4) is 0 Å². The lowest BCUT2D eigenvalue weighted by Crippen LogP contribution is -2.27. The Labute approximate surface area is 160 Å². The van der Waals surface area contributed by atoms with Crippen molar-refractivity contribution < 1.29 is 0 Å². The van der Waals surface area contributed by atoms with Gasteiger partial charge in [0.1, 0.15) is 0 Å². The molecule has 4 heteroatoms. The van der Waals surface area contributed by atoms with Crippen molar-refractivity contribution in [2.45, 2.75) is 13.8 Å². The second kappa shape index (κ2) is 7.38. The highest BCUT2D eigenvalue weighted by Crippen LogP contribution is 2.49. The molecule has 3 nitrogen and oxygen atoms in total. The Balaban J connectivity index is 2.17. The van der Waals surface area contributed by atoms with Gasteiger partial charge in [-0.1, -0.05) is 78.9 Å². The molecule has 0 fully saturated rings. The van der Waals surface area contributed by atoms with Gasteiger partial charge in [-0.25, -0.2) is 4.98 Å². The predicted octanol–water partition coefficient (Wildman–Crippen LogP) is 4.84. The van der Waals surface area contributed by atoms with E-state index in [9.17, 15) is 0 Å². The van der Waals surface area contributed by atoms with E-state index in [0.29, 0.717) is 0 Å². The van der Waals surface area contributed by atoms with Crippen LogP contribution in [0.1, 0.15) is 11.1 Å². The Bertz CT molecular complexity index is 1020. The molecule has 0 saturated heterocycles. The third-order valence-corrected chi connectivity index (χ3v) is 8.19. The van der Waals surface area contributed by atoms with Gasteiger partial charge in [-0.2, -0.15) is 0 Å². The summed E-state index contributed by atoms with van der Waals surface area (Å²) in [7, 11) is -2.32. The first-order valence-electron chi connectivity index (χ1n) is 9.01. The molecule has 0 unspecified atom stereocenters. The fourth-order valence-electron chi connectivity index (χ4n) is 3.39. The second-order valence-electron chi connectivity index (χ2n) is 6.56. The molecule has 1 heterocycles. The normalized spacial score (nSPS) is 11.3. The number of hydrogen-bond acceptors (Lipinski definition) is 2. The van der Waals surface area contributed by atoms with Crippen molar-refractivity contribution in [3.63, 3.8) is 0 Å². The molecule has 0 saturated carbocycles. The first-order chi connectivity index (χ1) is 13.2. The first kappa shape index (κ1) is 17.5. The van der Waals surface area contributed by atoms with Crippen LogP contribution in [-0.2, 0) is 0 Å². The van der Waals surface area contributed by atoms with Crippen LogP contribution in [0.5, 0.6) is 0 Å². The van der Waals surface area contributed by atoms with Crippen molar-refractivity contribution in [1.82, 2.24) is 9.97 Å². The van der Waals surface area contributed by atoms with E-state index in [1.54, 1.807) is 0 Å². The first-order valence-corrected chi connectivity index (χ1v) is 10.8. The standard InChI is InChI=1S/C23H22N3P/c1-18-10-9-11-19(2)22(18)26-27(23-24-16-17-25-23,20-12-5-3-6-13-20)21-14-7-4-8-15-21/h3-17H,1-2H3,(H,24,25). The quantitative estimate of drug-likeness (QED) is 0.513. The van der Waals surface area contributed by atoms with E-state index in [4.69, 9.17) is 9.73 Å². The molecule has 0 bridgehead atoms. The lowest BCUT2D eigenvalue weighted by atomic mass is 10.1. The van der Waals surface area contributed by atoms with Gasteiger partial charge in [0.2, 0.25) is 0 Å². The predicted molar refractivity (Wildman–Crippen MR) is 115 cm³/mol. The number of rotatable bonds is 4. The summed E-state index contributed by atoms with van der Waals surface area (Å²) in [5.41, 5.74) is 4.33. The summed E-state index contributed by atoms with van der Waals surface area (Å²) < 4.78 is 5.49. The van der Waals surface area contributed by atoms with Gasteiger partial charge in [-0.15, -0.1) is 0 Å². The number of imidazole rings is 1. The fraction of sp³-hybridized carbons (Fsp3) is 0.0870. The lowest BCUT2D eigenvalue weighted by molar-refractivity contribution is 1.33. The highest BCUT2D eigenvalue weighted by molar-refractivity contribution is 7.87. The van der Waals surface area contributed by atoms with Gasteiger partial charge in [0.05, 0.1) is 12.7 Å². The van der Waals surface area contributed by atoms with Crippen LogP contribution < -0.4 is 16.2 Å². The molecule has 27 heavy (non-hydrogen) atoms. The van der Waals surface area contributed by atoms with Crippen LogP contribution in [0, 0.1) is 13.8 Å². The van der Waals surface area contributed by atoms with Crippen molar-refractivity contribution in [2.24, 2.45) is 4.74 Å². The molecule has 0 aliphatic heterocycles. The number of H-pyrrole nitrogens is 1. The Morgan fingerprint density at radius 3 is 1.78 bits per heavy atom. The van der Waals surface area contributed by atoms with E-state index >= 15 is 0 Å². The van der Waals surface area contributed by atoms with Gasteiger partial charge < -0.3 is 4.98 Å². The summed E-state index contributed by atoms with van der Waals surface area (Å²) in [4.78, 5) is 8.08. The topological polar surface area (TPSA) is 41.0 Å². The highest BCUT2D eigenvalue weighted by atomic mass is 31.2. The van der Waals surface area contributed by atoms with Crippen molar-refractivity contribution in [2.75, 3.05) is 0 Å². The van der Waals surface area contributed by atoms with E-state index in [1.807, 2.05) is 24.5 Å². The maximum atomic E-state index is 5.49. The van der Waals surface area contributed by atoms with E-state index in [0.717, 1.165) is 11.3 Å². The van der Waals surface area contributed by atoms with Crippen molar-refractivity contribution in [3.8, 4) is 0 Å². The molecule has 0 atom stereocenters. The minimum Gasteiger partial charge on any atom is -0.343 e. The second-order valence-corrected chi connectivity index (χ2v) is 9.49. The molecular weight excluding hydrogens is 349 g/mol. The number of nitrogens with zero attached hydrogens (tertiary/aromatic N) is 2. The molecule has 4 rings (SSSR count). The molecule has 0 aliphatic carbocycles. The van der Waals surface area contributed by atoms with Gasteiger partial charge in [0.15, 0.2) is 5.57 Å². The molecule has 134 valence electrons. The molecule has 1 N–H and O–H groups in total. The minimum absolute atomic E-state index is 0.919. The number of nitrogens with one attached hydrogen (secondary N) is 1. The van der Waals surface area contributed by atoms with Crippen LogP contribution in [0.15, 0.2) is 96.0 Å². The van der Waals surface area contributed by atoms with Gasteiger partial charge in [0, 0.05) is 23.0 Å². The molecule has 0 aliphatic rings. The summed E-state index contributed by atoms with van der Waals surface area (Å²) in [5, 5.41) is 2.38. The summed E-state index contributed by atoms with van der Waals surface area (Å²) in [5.74, 6) is 0. The third-order valence-electron chi connectivity index (χ3n) is 4.74.